The van der Waals surface area contributed by atoms with E-state index in [0.717, 1.165) is 33.2 Å². The standard InChI is InChI=1S/C19H19N3O2S2/c1-13-11-15(12-21-18-5-3-4-6-19(18)25)14(2)22(13)16-7-9-17(10-8-16)26(20,23)24/h3-12,25H,1-2H3,(H2,20,23,24). The second-order valence-electron chi connectivity index (χ2n) is 5.95. The summed E-state index contributed by atoms with van der Waals surface area (Å²) < 4.78 is 24.9. The van der Waals surface area contributed by atoms with Gasteiger partial charge in [0.2, 0.25) is 10.0 Å². The number of hydrogen-bond donors (Lipinski definition) is 2. The quantitative estimate of drug-likeness (QED) is 0.530. The molecule has 0 saturated heterocycles. The van der Waals surface area contributed by atoms with E-state index >= 15 is 0 Å². The second-order valence-corrected chi connectivity index (χ2v) is 7.99. The van der Waals surface area contributed by atoms with Crippen LogP contribution in [0.3, 0.4) is 0 Å². The summed E-state index contributed by atoms with van der Waals surface area (Å²) in [6.07, 6.45) is 1.81. The summed E-state index contributed by atoms with van der Waals surface area (Å²) in [4.78, 5) is 5.43. The Morgan fingerprint density at radius 2 is 1.73 bits per heavy atom. The summed E-state index contributed by atoms with van der Waals surface area (Å²) >= 11 is 4.41. The summed E-state index contributed by atoms with van der Waals surface area (Å²) in [5.41, 5.74) is 4.67. The van der Waals surface area contributed by atoms with Crippen molar-refractivity contribution in [1.82, 2.24) is 4.57 Å². The van der Waals surface area contributed by atoms with Crippen LogP contribution in [-0.4, -0.2) is 19.2 Å². The summed E-state index contributed by atoms with van der Waals surface area (Å²) in [6, 6.07) is 16.2. The lowest BCUT2D eigenvalue weighted by molar-refractivity contribution is 0.598. The van der Waals surface area contributed by atoms with Crippen LogP contribution in [0.4, 0.5) is 5.69 Å². The molecule has 0 spiro atoms. The Bertz CT molecular complexity index is 1080. The Morgan fingerprint density at radius 3 is 2.35 bits per heavy atom. The topological polar surface area (TPSA) is 77.5 Å². The molecule has 0 atom stereocenters. The fourth-order valence-corrected chi connectivity index (χ4v) is 3.55. The van der Waals surface area contributed by atoms with Gasteiger partial charge in [-0.2, -0.15) is 0 Å². The third-order valence-electron chi connectivity index (χ3n) is 4.12. The molecule has 0 fully saturated rings. The number of aryl methyl sites for hydroxylation is 1. The van der Waals surface area contributed by atoms with Crippen molar-refractivity contribution in [3.63, 3.8) is 0 Å². The van der Waals surface area contributed by atoms with Crippen LogP contribution >= 0.6 is 12.6 Å². The molecule has 1 heterocycles. The van der Waals surface area contributed by atoms with E-state index < -0.39 is 10.0 Å². The molecule has 0 aliphatic rings. The van der Waals surface area contributed by atoms with E-state index in [2.05, 4.69) is 17.6 Å². The summed E-state index contributed by atoms with van der Waals surface area (Å²) in [6.45, 7) is 3.99. The van der Waals surface area contributed by atoms with E-state index in [1.54, 1.807) is 12.1 Å². The molecule has 0 saturated carbocycles. The van der Waals surface area contributed by atoms with Crippen molar-refractivity contribution in [3.05, 3.63) is 71.5 Å². The van der Waals surface area contributed by atoms with Gasteiger partial charge < -0.3 is 4.57 Å². The van der Waals surface area contributed by atoms with E-state index in [1.807, 2.05) is 55.0 Å². The number of sulfonamides is 1. The third-order valence-corrected chi connectivity index (χ3v) is 5.43. The first-order valence-corrected chi connectivity index (χ1v) is 9.91. The maximum atomic E-state index is 11.4. The zero-order chi connectivity index (χ0) is 18.9. The van der Waals surface area contributed by atoms with Gasteiger partial charge >= 0.3 is 0 Å². The molecule has 2 N–H and O–H groups in total. The molecule has 134 valence electrons. The van der Waals surface area contributed by atoms with Gasteiger partial charge in [0.1, 0.15) is 0 Å². The lowest BCUT2D eigenvalue weighted by Crippen LogP contribution is -2.12. The van der Waals surface area contributed by atoms with Gasteiger partial charge in [0.25, 0.3) is 0 Å². The van der Waals surface area contributed by atoms with Gasteiger partial charge in [0.05, 0.1) is 10.6 Å². The number of aliphatic imine (C=N–C) groups is 1. The lowest BCUT2D eigenvalue weighted by atomic mass is 10.2. The fraction of sp³-hybridized carbons (Fsp3) is 0.105. The van der Waals surface area contributed by atoms with Crippen LogP contribution in [-0.2, 0) is 10.0 Å². The van der Waals surface area contributed by atoms with Crippen LogP contribution in [0.5, 0.6) is 0 Å². The molecule has 0 aliphatic carbocycles. The highest BCUT2D eigenvalue weighted by Crippen LogP contribution is 2.24. The van der Waals surface area contributed by atoms with Gasteiger partial charge in [0.15, 0.2) is 0 Å². The van der Waals surface area contributed by atoms with Crippen molar-refractivity contribution >= 4 is 34.6 Å². The molecule has 26 heavy (non-hydrogen) atoms. The Labute approximate surface area is 158 Å². The Balaban J connectivity index is 1.97. The van der Waals surface area contributed by atoms with Gasteiger partial charge in [-0.3, -0.25) is 4.99 Å². The predicted molar refractivity (Wildman–Crippen MR) is 108 cm³/mol. The summed E-state index contributed by atoms with van der Waals surface area (Å²) in [5.74, 6) is 0. The van der Waals surface area contributed by atoms with Gasteiger partial charge in [-0.25, -0.2) is 13.6 Å². The Hall–Kier alpha value is -2.35. The highest BCUT2D eigenvalue weighted by atomic mass is 32.2. The maximum Gasteiger partial charge on any atom is 0.238 e. The van der Waals surface area contributed by atoms with Crippen LogP contribution < -0.4 is 5.14 Å². The minimum absolute atomic E-state index is 0.0934. The molecule has 1 aromatic heterocycles. The first-order chi connectivity index (χ1) is 12.3. The molecule has 2 aromatic carbocycles. The Morgan fingerprint density at radius 1 is 1.08 bits per heavy atom. The van der Waals surface area contributed by atoms with Crippen LogP contribution in [0.1, 0.15) is 17.0 Å². The van der Waals surface area contributed by atoms with Crippen molar-refractivity contribution < 1.29 is 8.42 Å². The summed E-state index contributed by atoms with van der Waals surface area (Å²) in [5, 5.41) is 5.16. The first kappa shape index (κ1) is 18.4. The molecule has 0 aliphatic heterocycles. The predicted octanol–water partition coefficient (Wildman–Crippen LogP) is 3.78. The number of nitrogens with two attached hydrogens (primary N) is 1. The van der Waals surface area contributed by atoms with Crippen molar-refractivity contribution in [1.29, 1.82) is 0 Å². The van der Waals surface area contributed by atoms with E-state index in [4.69, 9.17) is 5.14 Å². The molecule has 0 bridgehead atoms. The molecular weight excluding hydrogens is 366 g/mol. The number of para-hydroxylation sites is 1. The van der Waals surface area contributed by atoms with Crippen LogP contribution in [0, 0.1) is 13.8 Å². The minimum Gasteiger partial charge on any atom is -0.318 e. The van der Waals surface area contributed by atoms with E-state index in [0.29, 0.717) is 0 Å². The number of nitrogens with zero attached hydrogens (tertiary/aromatic N) is 2. The SMILES string of the molecule is Cc1cc(C=Nc2ccccc2S)c(C)n1-c1ccc(S(N)(=O)=O)cc1. The number of benzene rings is 2. The zero-order valence-electron chi connectivity index (χ0n) is 14.4. The number of hydrogen-bond acceptors (Lipinski definition) is 4. The molecule has 0 unspecified atom stereocenters. The van der Waals surface area contributed by atoms with Crippen molar-refractivity contribution in [2.24, 2.45) is 10.1 Å². The first-order valence-electron chi connectivity index (χ1n) is 7.91. The van der Waals surface area contributed by atoms with Crippen molar-refractivity contribution in [2.75, 3.05) is 0 Å². The fourth-order valence-electron chi connectivity index (χ4n) is 2.81. The van der Waals surface area contributed by atoms with Crippen LogP contribution in [0.25, 0.3) is 5.69 Å². The molecule has 7 heteroatoms. The normalized spacial score (nSPS) is 12.0. The molecule has 0 radical (unpaired) electrons. The average molecular weight is 386 g/mol. The molecule has 3 rings (SSSR count). The van der Waals surface area contributed by atoms with Gasteiger partial charge in [-0.05, 0) is 56.3 Å². The summed E-state index contributed by atoms with van der Waals surface area (Å²) in [7, 11) is -3.70. The zero-order valence-corrected chi connectivity index (χ0v) is 16.1. The number of rotatable bonds is 4. The minimum atomic E-state index is -3.70. The monoisotopic (exact) mass is 385 g/mol. The molecule has 5 nitrogen and oxygen atoms in total. The average Bonchev–Trinajstić information content (AvgIpc) is 2.87. The Kier molecular flexibility index (Phi) is 5.04. The largest absolute Gasteiger partial charge is 0.318 e. The van der Waals surface area contributed by atoms with E-state index in [-0.39, 0.29) is 4.90 Å². The van der Waals surface area contributed by atoms with Crippen molar-refractivity contribution in [3.8, 4) is 5.69 Å². The van der Waals surface area contributed by atoms with E-state index in [9.17, 15) is 8.42 Å². The lowest BCUT2D eigenvalue weighted by Gasteiger charge is -2.10. The van der Waals surface area contributed by atoms with Crippen molar-refractivity contribution in [2.45, 2.75) is 23.6 Å². The maximum absolute atomic E-state index is 11.4. The van der Waals surface area contributed by atoms with Gasteiger partial charge in [-0.1, -0.05) is 12.1 Å². The highest BCUT2D eigenvalue weighted by molar-refractivity contribution is 7.89. The van der Waals surface area contributed by atoms with Crippen LogP contribution in [0.2, 0.25) is 0 Å². The highest BCUT2D eigenvalue weighted by Gasteiger charge is 2.12. The number of primary sulfonamides is 1. The smallest absolute Gasteiger partial charge is 0.238 e. The third kappa shape index (κ3) is 3.75. The van der Waals surface area contributed by atoms with Crippen LogP contribution in [0.15, 0.2) is 69.4 Å². The molecule has 3 aromatic rings. The van der Waals surface area contributed by atoms with Gasteiger partial charge in [-0.15, -0.1) is 12.6 Å². The van der Waals surface area contributed by atoms with E-state index in [1.165, 1.54) is 12.1 Å². The number of aromatic nitrogens is 1. The second kappa shape index (κ2) is 7.11. The molecular formula is C19H19N3O2S2. The molecule has 0 amide bonds. The number of thiol groups is 1. The van der Waals surface area contributed by atoms with Gasteiger partial charge in [0, 0.05) is 33.7 Å².